The third-order valence-corrected chi connectivity index (χ3v) is 6.47. The van der Waals surface area contributed by atoms with Crippen LogP contribution in [0.4, 0.5) is 0 Å². The number of Topliss-reactive ketones (excluding diaryl/α,β-unsaturated/α-hetero) is 1. The van der Waals surface area contributed by atoms with Crippen molar-refractivity contribution >= 4 is 5.78 Å². The first kappa shape index (κ1) is 28.5. The highest BCUT2D eigenvalue weighted by atomic mass is 16.7. The molecule has 0 amide bonds. The Balaban J connectivity index is 1.51. The fraction of sp³-hybridized carbons (Fsp3) is 0.808. The maximum atomic E-state index is 12.1. The van der Waals surface area contributed by atoms with Crippen molar-refractivity contribution in [3.63, 3.8) is 0 Å². The Morgan fingerprint density at radius 2 is 1.59 bits per heavy atom. The number of aryl methyl sites for hydroxylation is 1. The Bertz CT molecular complexity index is 833. The number of carbonyl (C=O) groups excluding carboxylic acids is 1. The Morgan fingerprint density at radius 1 is 1.03 bits per heavy atom. The van der Waals surface area contributed by atoms with Crippen molar-refractivity contribution in [2.24, 2.45) is 0 Å². The van der Waals surface area contributed by atoms with Gasteiger partial charge >= 0.3 is 5.69 Å². The van der Waals surface area contributed by atoms with Crippen molar-refractivity contribution in [1.29, 1.82) is 0 Å². The summed E-state index contributed by atoms with van der Waals surface area (Å²) in [7, 11) is 0. The molecule has 1 aromatic rings. The number of aliphatic hydroxyl groups is 1. The molecule has 2 heterocycles. The molecular weight excluding hydrogens is 436 g/mol. The predicted octanol–water partition coefficient (Wildman–Crippen LogP) is 4.52. The number of nitrogens with zero attached hydrogens (tertiary/aromatic N) is 1. The topological polar surface area (TPSA) is 111 Å². The quantitative estimate of drug-likeness (QED) is 0.299. The molecule has 2 rings (SSSR count). The van der Waals surface area contributed by atoms with Crippen molar-refractivity contribution < 1.29 is 19.4 Å². The second kappa shape index (κ2) is 16.0. The van der Waals surface area contributed by atoms with Gasteiger partial charge in [-0.25, -0.2) is 4.79 Å². The predicted molar refractivity (Wildman–Crippen MR) is 132 cm³/mol. The summed E-state index contributed by atoms with van der Waals surface area (Å²) in [6, 6.07) is 0. The fourth-order valence-electron chi connectivity index (χ4n) is 4.34. The summed E-state index contributed by atoms with van der Waals surface area (Å²) in [6.45, 7) is 3.72. The molecule has 3 atom stereocenters. The van der Waals surface area contributed by atoms with Crippen LogP contribution in [-0.4, -0.2) is 39.4 Å². The number of ketones is 1. The molecule has 0 radical (unpaired) electrons. The van der Waals surface area contributed by atoms with E-state index in [-0.39, 0.29) is 18.8 Å². The van der Waals surface area contributed by atoms with E-state index in [1.807, 2.05) is 0 Å². The first-order valence-electron chi connectivity index (χ1n) is 13.2. The largest absolute Gasteiger partial charge is 0.388 e. The molecule has 8 nitrogen and oxygen atoms in total. The highest BCUT2D eigenvalue weighted by Gasteiger charge is 2.36. The van der Waals surface area contributed by atoms with Gasteiger partial charge in [0, 0.05) is 24.6 Å². The van der Waals surface area contributed by atoms with Crippen LogP contribution in [0.2, 0.25) is 0 Å². The van der Waals surface area contributed by atoms with Crippen molar-refractivity contribution in [2.45, 2.75) is 129 Å². The van der Waals surface area contributed by atoms with Gasteiger partial charge in [-0.05, 0) is 13.3 Å². The Kier molecular flexibility index (Phi) is 13.4. The van der Waals surface area contributed by atoms with E-state index in [1.165, 1.54) is 75.0 Å². The summed E-state index contributed by atoms with van der Waals surface area (Å²) >= 11 is 0. The molecule has 0 saturated carbocycles. The number of nitrogens with one attached hydrogen (secondary N) is 1. The van der Waals surface area contributed by atoms with E-state index < -0.39 is 29.9 Å². The zero-order valence-corrected chi connectivity index (χ0v) is 21.1. The smallest absolute Gasteiger partial charge is 0.330 e. The standard InChI is InChI=1S/C26H44N2O6/c1-3-4-5-6-7-8-9-10-11-12-13-14-15-16-21(29)19-33-25-22(30)17-23(34-25)28-18-20(2)24(31)27-26(28)32/h18,22-23,25,30H,3-17,19H2,1-2H3,(H,27,31,32)/t22-,23?,25-/m0/s1. The van der Waals surface area contributed by atoms with Crippen molar-refractivity contribution in [2.75, 3.05) is 6.61 Å². The Hall–Kier alpha value is -1.77. The number of unbranched alkanes of at least 4 members (excludes halogenated alkanes) is 12. The number of rotatable bonds is 18. The van der Waals surface area contributed by atoms with Crippen LogP contribution in [0.3, 0.4) is 0 Å². The van der Waals surface area contributed by atoms with Crippen LogP contribution in [0, 0.1) is 6.92 Å². The first-order chi connectivity index (χ1) is 16.4. The molecule has 1 aliphatic heterocycles. The van der Waals surface area contributed by atoms with Gasteiger partial charge in [0.25, 0.3) is 5.56 Å². The lowest BCUT2D eigenvalue weighted by molar-refractivity contribution is -0.180. The minimum atomic E-state index is -0.972. The summed E-state index contributed by atoms with van der Waals surface area (Å²) < 4.78 is 12.3. The van der Waals surface area contributed by atoms with Gasteiger partial charge in [0.1, 0.15) is 18.9 Å². The normalized spacial score (nSPS) is 20.1. The molecule has 1 unspecified atom stereocenters. The number of aliphatic hydroxyl groups excluding tert-OH is 1. The summed E-state index contributed by atoms with van der Waals surface area (Å²) in [6.07, 6.45) is 15.7. The van der Waals surface area contributed by atoms with Crippen molar-refractivity contribution in [1.82, 2.24) is 9.55 Å². The lowest BCUT2D eigenvalue weighted by Gasteiger charge is -2.16. The fourth-order valence-corrected chi connectivity index (χ4v) is 4.34. The zero-order chi connectivity index (χ0) is 24.8. The van der Waals surface area contributed by atoms with Crippen LogP contribution in [0.25, 0.3) is 0 Å². The Morgan fingerprint density at radius 3 is 2.18 bits per heavy atom. The summed E-state index contributed by atoms with van der Waals surface area (Å²) in [4.78, 5) is 37.9. The van der Waals surface area contributed by atoms with Gasteiger partial charge in [0.2, 0.25) is 0 Å². The molecule has 194 valence electrons. The molecule has 2 N–H and O–H groups in total. The third-order valence-electron chi connectivity index (χ3n) is 6.47. The maximum absolute atomic E-state index is 12.1. The van der Waals surface area contributed by atoms with Crippen LogP contribution in [0.5, 0.6) is 0 Å². The number of carbonyl (C=O) groups is 1. The number of hydrogen-bond donors (Lipinski definition) is 2. The molecule has 1 fully saturated rings. The highest BCUT2D eigenvalue weighted by Crippen LogP contribution is 2.28. The first-order valence-corrected chi connectivity index (χ1v) is 13.2. The summed E-state index contributed by atoms with van der Waals surface area (Å²) in [5, 5.41) is 10.2. The summed E-state index contributed by atoms with van der Waals surface area (Å²) in [5.41, 5.74) is -0.687. The van der Waals surface area contributed by atoms with Gasteiger partial charge in [0.15, 0.2) is 12.1 Å². The van der Waals surface area contributed by atoms with Crippen LogP contribution in [-0.2, 0) is 14.3 Å². The minimum Gasteiger partial charge on any atom is -0.388 e. The average Bonchev–Trinajstić information content (AvgIpc) is 3.18. The van der Waals surface area contributed by atoms with Gasteiger partial charge in [0.05, 0.1) is 0 Å². The molecule has 1 aromatic heterocycles. The number of ether oxygens (including phenoxy) is 2. The lowest BCUT2D eigenvalue weighted by atomic mass is 10.0. The number of aromatic amines is 1. The molecule has 34 heavy (non-hydrogen) atoms. The van der Waals surface area contributed by atoms with E-state index >= 15 is 0 Å². The van der Waals surface area contributed by atoms with Gasteiger partial charge in [-0.3, -0.25) is 19.1 Å². The average molecular weight is 481 g/mol. The number of H-pyrrole nitrogens is 1. The molecule has 1 aliphatic rings. The Labute approximate surface area is 203 Å². The van der Waals surface area contributed by atoms with Gasteiger partial charge in [-0.2, -0.15) is 0 Å². The van der Waals surface area contributed by atoms with Gasteiger partial charge in [-0.1, -0.05) is 84.0 Å². The second-order valence-electron chi connectivity index (χ2n) is 9.58. The molecule has 0 aliphatic carbocycles. The van der Waals surface area contributed by atoms with E-state index in [1.54, 1.807) is 6.92 Å². The van der Waals surface area contributed by atoms with Gasteiger partial charge in [-0.15, -0.1) is 0 Å². The minimum absolute atomic E-state index is 0.0145. The van der Waals surface area contributed by atoms with E-state index in [2.05, 4.69) is 11.9 Å². The maximum Gasteiger partial charge on any atom is 0.330 e. The number of hydrogen-bond acceptors (Lipinski definition) is 6. The molecule has 0 bridgehead atoms. The monoisotopic (exact) mass is 480 g/mol. The molecule has 0 aromatic carbocycles. The van der Waals surface area contributed by atoms with E-state index in [4.69, 9.17) is 9.47 Å². The second-order valence-corrected chi connectivity index (χ2v) is 9.58. The van der Waals surface area contributed by atoms with E-state index in [0.29, 0.717) is 12.0 Å². The van der Waals surface area contributed by atoms with E-state index in [0.717, 1.165) is 19.3 Å². The van der Waals surface area contributed by atoms with Gasteiger partial charge < -0.3 is 14.6 Å². The lowest BCUT2D eigenvalue weighted by Crippen LogP contribution is -2.33. The molecular formula is C26H44N2O6. The molecule has 8 heteroatoms. The highest BCUT2D eigenvalue weighted by molar-refractivity contribution is 5.79. The SMILES string of the molecule is CCCCCCCCCCCCCCCC(=O)CO[C@H]1OC(n2cc(C)c(=O)[nH]c2=O)C[C@@H]1O. The third kappa shape index (κ3) is 10.2. The van der Waals surface area contributed by atoms with Crippen molar-refractivity contribution in [3.8, 4) is 0 Å². The van der Waals surface area contributed by atoms with E-state index in [9.17, 15) is 19.5 Å². The molecule has 1 saturated heterocycles. The van der Waals surface area contributed by atoms with Crippen LogP contribution in [0.1, 0.15) is 115 Å². The van der Waals surface area contributed by atoms with Crippen molar-refractivity contribution in [3.05, 3.63) is 32.6 Å². The number of aromatic nitrogens is 2. The molecule has 0 spiro atoms. The summed E-state index contributed by atoms with van der Waals surface area (Å²) in [5.74, 6) is -0.0145. The van der Waals surface area contributed by atoms with Crippen LogP contribution in [0.15, 0.2) is 15.8 Å². The van der Waals surface area contributed by atoms with Crippen LogP contribution >= 0.6 is 0 Å². The van der Waals surface area contributed by atoms with Crippen LogP contribution < -0.4 is 11.2 Å². The zero-order valence-electron chi connectivity index (χ0n) is 21.1.